The lowest BCUT2D eigenvalue weighted by atomic mass is 10.1. The molecule has 2 rings (SSSR count). The lowest BCUT2D eigenvalue weighted by Crippen LogP contribution is -2.21. The van der Waals surface area contributed by atoms with Gasteiger partial charge >= 0.3 is 5.97 Å². The number of anilines is 1. The van der Waals surface area contributed by atoms with Gasteiger partial charge in [0, 0.05) is 19.2 Å². The molecule has 8 nitrogen and oxygen atoms in total. The summed E-state index contributed by atoms with van der Waals surface area (Å²) in [7, 11) is 1.55. The van der Waals surface area contributed by atoms with E-state index in [-0.39, 0.29) is 16.9 Å². The number of methoxy groups -OCH3 is 1. The predicted octanol–water partition coefficient (Wildman–Crippen LogP) is 2.68. The maximum Gasteiger partial charge on any atom is 0.338 e. The number of rotatable bonds is 7. The zero-order valence-corrected chi connectivity index (χ0v) is 13.7. The highest BCUT2D eigenvalue weighted by molar-refractivity contribution is 5.95. The van der Waals surface area contributed by atoms with Crippen molar-refractivity contribution >= 4 is 23.3 Å². The maximum atomic E-state index is 13.6. The molecule has 0 aromatic heterocycles. The Labute approximate surface area is 147 Å². The summed E-state index contributed by atoms with van der Waals surface area (Å²) in [6.45, 7) is -0.271. The lowest BCUT2D eigenvalue weighted by molar-refractivity contribution is -0.384. The first-order valence-electron chi connectivity index (χ1n) is 7.39. The number of nitrogens with zero attached hydrogens (tertiary/aromatic N) is 1. The van der Waals surface area contributed by atoms with Gasteiger partial charge in [-0.05, 0) is 23.8 Å². The van der Waals surface area contributed by atoms with Gasteiger partial charge in [0.05, 0.1) is 22.8 Å². The molecule has 0 heterocycles. The second-order valence-electron chi connectivity index (χ2n) is 5.18. The SMILES string of the molecule is COCc1ccc(C(=O)OCC(=O)Nc2cc([N+](=O)[O-])ccc2F)cc1. The van der Waals surface area contributed by atoms with E-state index in [0.717, 1.165) is 23.8 Å². The number of nitro benzene ring substituents is 1. The molecule has 9 heteroatoms. The van der Waals surface area contributed by atoms with Crippen molar-refractivity contribution in [1.82, 2.24) is 0 Å². The van der Waals surface area contributed by atoms with E-state index < -0.39 is 29.2 Å². The molecule has 2 aromatic rings. The number of hydrogen-bond acceptors (Lipinski definition) is 6. The van der Waals surface area contributed by atoms with Crippen molar-refractivity contribution < 1.29 is 28.4 Å². The molecule has 2 aromatic carbocycles. The lowest BCUT2D eigenvalue weighted by Gasteiger charge is -2.08. The Balaban J connectivity index is 1.93. The number of nitrogens with one attached hydrogen (secondary N) is 1. The molecular weight excluding hydrogens is 347 g/mol. The van der Waals surface area contributed by atoms with Crippen LogP contribution in [0.4, 0.5) is 15.8 Å². The Morgan fingerprint density at radius 2 is 1.88 bits per heavy atom. The van der Waals surface area contributed by atoms with Crippen LogP contribution >= 0.6 is 0 Å². The number of esters is 1. The van der Waals surface area contributed by atoms with Gasteiger partial charge in [0.2, 0.25) is 0 Å². The fourth-order valence-electron chi connectivity index (χ4n) is 2.03. The third-order valence-corrected chi connectivity index (χ3v) is 3.27. The quantitative estimate of drug-likeness (QED) is 0.461. The molecule has 0 aliphatic carbocycles. The van der Waals surface area contributed by atoms with Gasteiger partial charge < -0.3 is 14.8 Å². The minimum Gasteiger partial charge on any atom is -0.452 e. The number of ether oxygens (including phenoxy) is 2. The summed E-state index contributed by atoms with van der Waals surface area (Å²) in [6.07, 6.45) is 0. The van der Waals surface area contributed by atoms with Gasteiger partial charge in [0.1, 0.15) is 5.82 Å². The third-order valence-electron chi connectivity index (χ3n) is 3.27. The van der Waals surface area contributed by atoms with E-state index in [0.29, 0.717) is 6.61 Å². The minimum atomic E-state index is -0.844. The van der Waals surface area contributed by atoms with Crippen LogP contribution in [0.25, 0.3) is 0 Å². The molecule has 0 fully saturated rings. The van der Waals surface area contributed by atoms with Crippen molar-refractivity contribution in [1.29, 1.82) is 0 Å². The van der Waals surface area contributed by atoms with Gasteiger partial charge in [-0.1, -0.05) is 12.1 Å². The summed E-state index contributed by atoms with van der Waals surface area (Å²) in [5.74, 6) is -2.40. The minimum absolute atomic E-state index is 0.235. The summed E-state index contributed by atoms with van der Waals surface area (Å²) in [4.78, 5) is 33.6. The summed E-state index contributed by atoms with van der Waals surface area (Å²) in [5.41, 5.74) is 0.348. The highest BCUT2D eigenvalue weighted by atomic mass is 19.1. The first kappa shape index (κ1) is 19.0. The standard InChI is InChI=1S/C17H15FN2O6/c1-25-9-11-2-4-12(5-3-11)17(22)26-10-16(21)19-15-8-13(20(23)24)6-7-14(15)18/h2-8H,9-10H2,1H3,(H,19,21). The van der Waals surface area contributed by atoms with Crippen LogP contribution in [0, 0.1) is 15.9 Å². The number of nitro groups is 1. The second-order valence-corrected chi connectivity index (χ2v) is 5.18. The smallest absolute Gasteiger partial charge is 0.338 e. The van der Waals surface area contributed by atoms with Gasteiger partial charge in [-0.25, -0.2) is 9.18 Å². The van der Waals surface area contributed by atoms with Gasteiger partial charge in [-0.3, -0.25) is 14.9 Å². The van der Waals surface area contributed by atoms with Crippen LogP contribution in [0.2, 0.25) is 0 Å². The zero-order valence-electron chi connectivity index (χ0n) is 13.7. The molecule has 0 bridgehead atoms. The van der Waals surface area contributed by atoms with Crippen LogP contribution in [0.3, 0.4) is 0 Å². The largest absolute Gasteiger partial charge is 0.452 e. The third kappa shape index (κ3) is 5.08. The van der Waals surface area contributed by atoms with E-state index in [1.165, 1.54) is 12.1 Å². The molecule has 0 saturated carbocycles. The second kappa shape index (κ2) is 8.67. The van der Waals surface area contributed by atoms with Crippen LogP contribution < -0.4 is 5.32 Å². The number of carbonyl (C=O) groups excluding carboxylic acids is 2. The van der Waals surface area contributed by atoms with E-state index in [1.807, 2.05) is 0 Å². The van der Waals surface area contributed by atoms with E-state index >= 15 is 0 Å². The van der Waals surface area contributed by atoms with Crippen LogP contribution in [0.5, 0.6) is 0 Å². The van der Waals surface area contributed by atoms with E-state index in [9.17, 15) is 24.1 Å². The number of amides is 1. The molecule has 26 heavy (non-hydrogen) atoms. The monoisotopic (exact) mass is 362 g/mol. The summed E-state index contributed by atoms with van der Waals surface area (Å²) < 4.78 is 23.4. The topological polar surface area (TPSA) is 108 Å². The Morgan fingerprint density at radius 1 is 1.19 bits per heavy atom. The number of hydrogen-bond donors (Lipinski definition) is 1. The average Bonchev–Trinajstić information content (AvgIpc) is 2.62. The van der Waals surface area contributed by atoms with Crippen molar-refractivity contribution in [3.8, 4) is 0 Å². The van der Waals surface area contributed by atoms with Gasteiger partial charge in [0.15, 0.2) is 6.61 Å². The first-order chi connectivity index (χ1) is 12.4. The highest BCUT2D eigenvalue weighted by Crippen LogP contribution is 2.21. The first-order valence-corrected chi connectivity index (χ1v) is 7.39. The maximum absolute atomic E-state index is 13.6. The highest BCUT2D eigenvalue weighted by Gasteiger charge is 2.15. The fourth-order valence-corrected chi connectivity index (χ4v) is 2.03. The summed E-state index contributed by atoms with van der Waals surface area (Å²) >= 11 is 0. The van der Waals surface area contributed by atoms with Crippen LogP contribution in [-0.4, -0.2) is 30.5 Å². The molecule has 1 N–H and O–H groups in total. The number of halogens is 1. The normalized spacial score (nSPS) is 10.2. The zero-order chi connectivity index (χ0) is 19.1. The number of carbonyl (C=O) groups is 2. The Bertz CT molecular complexity index is 823. The molecule has 0 atom stereocenters. The Morgan fingerprint density at radius 3 is 2.50 bits per heavy atom. The van der Waals surface area contributed by atoms with Gasteiger partial charge in [0.25, 0.3) is 11.6 Å². The van der Waals surface area contributed by atoms with Crippen LogP contribution in [0.15, 0.2) is 42.5 Å². The van der Waals surface area contributed by atoms with Crippen molar-refractivity contribution in [3.05, 3.63) is 69.5 Å². The molecule has 0 spiro atoms. The molecule has 0 radical (unpaired) electrons. The Hall–Kier alpha value is -3.33. The van der Waals surface area contributed by atoms with Gasteiger partial charge in [-0.2, -0.15) is 0 Å². The molecule has 0 aliphatic heterocycles. The molecular formula is C17H15FN2O6. The number of benzene rings is 2. The molecule has 0 unspecified atom stereocenters. The van der Waals surface area contributed by atoms with Crippen LogP contribution in [0.1, 0.15) is 15.9 Å². The van der Waals surface area contributed by atoms with Crippen molar-refractivity contribution in [2.75, 3.05) is 19.0 Å². The molecule has 1 amide bonds. The summed E-state index contributed by atoms with van der Waals surface area (Å²) in [5, 5.41) is 12.8. The number of non-ortho nitro benzene ring substituents is 1. The molecule has 0 saturated heterocycles. The predicted molar refractivity (Wildman–Crippen MR) is 89.1 cm³/mol. The molecule has 136 valence electrons. The molecule has 0 aliphatic rings. The van der Waals surface area contributed by atoms with Crippen molar-refractivity contribution in [2.24, 2.45) is 0 Å². The van der Waals surface area contributed by atoms with Crippen LogP contribution in [-0.2, 0) is 20.9 Å². The fraction of sp³-hybridized carbons (Fsp3) is 0.176. The van der Waals surface area contributed by atoms with E-state index in [1.54, 1.807) is 19.2 Å². The van der Waals surface area contributed by atoms with Gasteiger partial charge in [-0.15, -0.1) is 0 Å². The van der Waals surface area contributed by atoms with E-state index in [2.05, 4.69) is 5.32 Å². The van der Waals surface area contributed by atoms with Crippen molar-refractivity contribution in [3.63, 3.8) is 0 Å². The Kier molecular flexibility index (Phi) is 6.34. The van der Waals surface area contributed by atoms with E-state index in [4.69, 9.17) is 9.47 Å². The summed E-state index contributed by atoms with van der Waals surface area (Å²) in [6, 6.07) is 9.12. The average molecular weight is 362 g/mol. The van der Waals surface area contributed by atoms with Crippen molar-refractivity contribution in [2.45, 2.75) is 6.61 Å².